The van der Waals surface area contributed by atoms with Crippen LogP contribution in [-0.2, 0) is 12.5 Å². The average Bonchev–Trinajstić information content (AvgIpc) is 3.03. The maximum Gasteiger partial charge on any atom is 0.191 e. The van der Waals surface area contributed by atoms with E-state index in [4.69, 9.17) is 11.6 Å². The lowest BCUT2D eigenvalue weighted by atomic mass is 9.95. The Morgan fingerprint density at radius 2 is 2.07 bits per heavy atom. The SMILES string of the molecule is Cn1c(SCCCN2C[C@H]3CC3(c3ccc(Br)cc3)C2)nnc1-c1ccc(Cl)s1. The van der Waals surface area contributed by atoms with Crippen molar-refractivity contribution in [3.8, 4) is 10.7 Å². The van der Waals surface area contributed by atoms with Gasteiger partial charge in [0, 0.05) is 35.8 Å². The van der Waals surface area contributed by atoms with Crippen molar-refractivity contribution in [2.75, 3.05) is 25.4 Å². The standard InChI is InChI=1S/C21H22BrClN4S2/c1-26-19(17-7-8-18(23)29-17)24-25-20(26)28-10-2-9-27-12-15-11-21(15,13-27)14-3-5-16(22)6-4-14/h3-8,15H,2,9-13H2,1H3/t15-,21?/m1/s1. The molecule has 1 aliphatic carbocycles. The molecule has 2 aromatic heterocycles. The van der Waals surface area contributed by atoms with Crippen molar-refractivity contribution in [3.05, 3.63) is 50.8 Å². The Balaban J connectivity index is 1.12. The fraction of sp³-hybridized carbons (Fsp3) is 0.429. The molecule has 1 saturated carbocycles. The molecule has 0 N–H and O–H groups in total. The molecule has 0 amide bonds. The minimum absolute atomic E-state index is 0.425. The van der Waals surface area contributed by atoms with Gasteiger partial charge in [-0.05, 0) is 55.1 Å². The van der Waals surface area contributed by atoms with Crippen molar-refractivity contribution < 1.29 is 0 Å². The number of halogens is 2. The molecule has 2 atom stereocenters. The number of hydrogen-bond acceptors (Lipinski definition) is 5. The monoisotopic (exact) mass is 508 g/mol. The van der Waals surface area contributed by atoms with Gasteiger partial charge in [-0.3, -0.25) is 0 Å². The molecule has 3 aromatic rings. The summed E-state index contributed by atoms with van der Waals surface area (Å²) in [7, 11) is 2.03. The quantitative estimate of drug-likeness (QED) is 0.301. The largest absolute Gasteiger partial charge is 0.305 e. The molecule has 1 unspecified atom stereocenters. The zero-order valence-electron chi connectivity index (χ0n) is 16.1. The summed E-state index contributed by atoms with van der Waals surface area (Å²) < 4.78 is 4.01. The Morgan fingerprint density at radius 1 is 1.24 bits per heavy atom. The zero-order chi connectivity index (χ0) is 20.0. The van der Waals surface area contributed by atoms with E-state index in [0.29, 0.717) is 5.41 Å². The Bertz CT molecular complexity index is 1020. The smallest absolute Gasteiger partial charge is 0.191 e. The Kier molecular flexibility index (Phi) is 5.54. The second-order valence-electron chi connectivity index (χ2n) is 7.97. The first-order chi connectivity index (χ1) is 14.0. The van der Waals surface area contributed by atoms with Crippen LogP contribution in [0.15, 0.2) is 46.0 Å². The Morgan fingerprint density at radius 3 is 2.83 bits per heavy atom. The van der Waals surface area contributed by atoms with E-state index in [1.807, 2.05) is 19.2 Å². The van der Waals surface area contributed by atoms with Crippen LogP contribution in [0.3, 0.4) is 0 Å². The summed E-state index contributed by atoms with van der Waals surface area (Å²) in [5, 5.41) is 9.69. The molecule has 0 radical (unpaired) electrons. The summed E-state index contributed by atoms with van der Waals surface area (Å²) in [5.74, 6) is 2.79. The maximum atomic E-state index is 6.05. The summed E-state index contributed by atoms with van der Waals surface area (Å²) in [5.41, 5.74) is 1.94. The van der Waals surface area contributed by atoms with E-state index in [0.717, 1.165) is 42.9 Å². The van der Waals surface area contributed by atoms with Crippen molar-refractivity contribution in [2.45, 2.75) is 23.4 Å². The third-order valence-electron chi connectivity index (χ3n) is 6.11. The van der Waals surface area contributed by atoms with E-state index in [2.05, 4.69) is 59.9 Å². The van der Waals surface area contributed by atoms with Gasteiger partial charge in [0.2, 0.25) is 0 Å². The molecule has 1 saturated heterocycles. The van der Waals surface area contributed by atoms with Gasteiger partial charge < -0.3 is 9.47 Å². The lowest BCUT2D eigenvalue weighted by Crippen LogP contribution is -2.27. The van der Waals surface area contributed by atoms with E-state index < -0.39 is 0 Å². The predicted molar refractivity (Wildman–Crippen MR) is 125 cm³/mol. The summed E-state index contributed by atoms with van der Waals surface area (Å²) in [6.45, 7) is 3.61. The first kappa shape index (κ1) is 20.1. The number of thiophene rings is 1. The van der Waals surface area contributed by atoms with Crippen molar-refractivity contribution in [3.63, 3.8) is 0 Å². The number of thioether (sulfide) groups is 1. The third kappa shape index (κ3) is 3.92. The number of benzene rings is 1. The highest BCUT2D eigenvalue weighted by molar-refractivity contribution is 9.10. The molecule has 1 aromatic carbocycles. The topological polar surface area (TPSA) is 34.0 Å². The number of nitrogens with zero attached hydrogens (tertiary/aromatic N) is 4. The van der Waals surface area contributed by atoms with Gasteiger partial charge in [-0.25, -0.2) is 0 Å². The van der Waals surface area contributed by atoms with Crippen LogP contribution in [0.2, 0.25) is 4.34 Å². The molecule has 2 aliphatic rings. The predicted octanol–water partition coefficient (Wildman–Crippen LogP) is 5.72. The highest BCUT2D eigenvalue weighted by atomic mass is 79.9. The molecule has 3 heterocycles. The maximum absolute atomic E-state index is 6.05. The van der Waals surface area contributed by atoms with Crippen LogP contribution in [0, 0.1) is 5.92 Å². The van der Waals surface area contributed by atoms with Crippen LogP contribution in [-0.4, -0.2) is 45.1 Å². The normalized spacial score (nSPS) is 23.5. The van der Waals surface area contributed by atoms with Crippen molar-refractivity contribution in [2.24, 2.45) is 13.0 Å². The third-order valence-corrected chi connectivity index (χ3v) is 8.98. The number of rotatable bonds is 7. The number of fused-ring (bicyclic) bond motifs is 1. The van der Waals surface area contributed by atoms with Crippen LogP contribution in [0.1, 0.15) is 18.4 Å². The van der Waals surface area contributed by atoms with Gasteiger partial charge in [0.1, 0.15) is 0 Å². The lowest BCUT2D eigenvalue weighted by molar-refractivity contribution is 0.299. The van der Waals surface area contributed by atoms with Crippen LogP contribution in [0.4, 0.5) is 0 Å². The molecular formula is C21H22BrClN4S2. The van der Waals surface area contributed by atoms with Gasteiger partial charge in [0.25, 0.3) is 0 Å². The molecule has 29 heavy (non-hydrogen) atoms. The minimum Gasteiger partial charge on any atom is -0.305 e. The molecule has 1 aliphatic heterocycles. The average molecular weight is 510 g/mol. The second-order valence-corrected chi connectivity index (χ2v) is 11.7. The number of likely N-dealkylation sites (tertiary alicyclic amines) is 1. The summed E-state index contributed by atoms with van der Waals surface area (Å²) in [6, 6.07) is 12.9. The van der Waals surface area contributed by atoms with E-state index in [-0.39, 0.29) is 0 Å². The van der Waals surface area contributed by atoms with Crippen LogP contribution < -0.4 is 0 Å². The molecule has 4 nitrogen and oxygen atoms in total. The molecule has 2 fully saturated rings. The molecule has 0 spiro atoms. The molecule has 5 rings (SSSR count). The first-order valence-corrected chi connectivity index (χ1v) is 12.8. The highest BCUT2D eigenvalue weighted by Crippen LogP contribution is 2.59. The fourth-order valence-electron chi connectivity index (χ4n) is 4.53. The van der Waals surface area contributed by atoms with Gasteiger partial charge in [-0.15, -0.1) is 21.5 Å². The van der Waals surface area contributed by atoms with Gasteiger partial charge in [0.05, 0.1) is 9.21 Å². The van der Waals surface area contributed by atoms with E-state index >= 15 is 0 Å². The van der Waals surface area contributed by atoms with Gasteiger partial charge in [-0.2, -0.15) is 0 Å². The Hall–Kier alpha value is -0.860. The van der Waals surface area contributed by atoms with E-state index in [9.17, 15) is 0 Å². The summed E-state index contributed by atoms with van der Waals surface area (Å²) in [6.07, 6.45) is 2.52. The number of hydrogen-bond donors (Lipinski definition) is 0. The van der Waals surface area contributed by atoms with Gasteiger partial charge in [-0.1, -0.05) is 51.4 Å². The second kappa shape index (κ2) is 8.00. The van der Waals surface area contributed by atoms with Crippen LogP contribution >= 0.6 is 50.6 Å². The Labute approximate surface area is 192 Å². The molecule has 152 valence electrons. The minimum atomic E-state index is 0.425. The first-order valence-electron chi connectivity index (χ1n) is 9.81. The summed E-state index contributed by atoms with van der Waals surface area (Å²) in [4.78, 5) is 3.71. The fourth-order valence-corrected chi connectivity index (χ4v) is 6.69. The molecule has 0 bridgehead atoms. The summed E-state index contributed by atoms with van der Waals surface area (Å²) >= 11 is 12.9. The number of piperidine rings is 1. The zero-order valence-corrected chi connectivity index (χ0v) is 20.1. The van der Waals surface area contributed by atoms with Crippen molar-refractivity contribution >= 4 is 50.6 Å². The van der Waals surface area contributed by atoms with Gasteiger partial charge >= 0.3 is 0 Å². The number of aromatic nitrogens is 3. The molecular weight excluding hydrogens is 488 g/mol. The highest BCUT2D eigenvalue weighted by Gasteiger charge is 2.60. The van der Waals surface area contributed by atoms with Crippen molar-refractivity contribution in [1.82, 2.24) is 19.7 Å². The van der Waals surface area contributed by atoms with Crippen LogP contribution in [0.25, 0.3) is 10.7 Å². The van der Waals surface area contributed by atoms with E-state index in [1.165, 1.54) is 42.8 Å². The molecule has 8 heteroatoms. The van der Waals surface area contributed by atoms with Crippen molar-refractivity contribution in [1.29, 1.82) is 0 Å². The van der Waals surface area contributed by atoms with E-state index in [1.54, 1.807) is 11.8 Å². The van der Waals surface area contributed by atoms with Crippen LogP contribution in [0.5, 0.6) is 0 Å². The van der Waals surface area contributed by atoms with Gasteiger partial charge in [0.15, 0.2) is 11.0 Å². The lowest BCUT2D eigenvalue weighted by Gasteiger charge is -2.21.